The van der Waals surface area contributed by atoms with Crippen molar-refractivity contribution >= 4 is 16.7 Å². The SMILES string of the molecule is COCCn1cc(C)nc1NCC(C)S(C)=O. The van der Waals surface area contributed by atoms with Gasteiger partial charge >= 0.3 is 0 Å². The summed E-state index contributed by atoms with van der Waals surface area (Å²) in [5.41, 5.74) is 0.967. The van der Waals surface area contributed by atoms with Gasteiger partial charge in [0.1, 0.15) is 0 Å². The van der Waals surface area contributed by atoms with Crippen LogP contribution in [-0.4, -0.2) is 45.5 Å². The molecule has 2 atom stereocenters. The average molecular weight is 259 g/mol. The van der Waals surface area contributed by atoms with Crippen molar-refractivity contribution in [3.05, 3.63) is 11.9 Å². The number of hydrogen-bond donors (Lipinski definition) is 1. The number of hydrogen-bond acceptors (Lipinski definition) is 4. The maximum absolute atomic E-state index is 11.3. The Morgan fingerprint density at radius 2 is 2.35 bits per heavy atom. The van der Waals surface area contributed by atoms with Crippen LogP contribution in [0.3, 0.4) is 0 Å². The highest BCUT2D eigenvalue weighted by Gasteiger charge is 2.09. The van der Waals surface area contributed by atoms with Gasteiger partial charge in [-0.05, 0) is 13.8 Å². The first-order valence-electron chi connectivity index (χ1n) is 5.63. The van der Waals surface area contributed by atoms with E-state index in [9.17, 15) is 4.21 Å². The summed E-state index contributed by atoms with van der Waals surface area (Å²) in [6, 6.07) is 0. The summed E-state index contributed by atoms with van der Waals surface area (Å²) in [4.78, 5) is 4.39. The molecule has 0 aliphatic heterocycles. The summed E-state index contributed by atoms with van der Waals surface area (Å²) < 4.78 is 18.3. The van der Waals surface area contributed by atoms with E-state index in [-0.39, 0.29) is 5.25 Å². The molecule has 0 fully saturated rings. The second kappa shape index (κ2) is 6.76. The normalized spacial score (nSPS) is 14.6. The van der Waals surface area contributed by atoms with E-state index >= 15 is 0 Å². The molecule has 2 unspecified atom stereocenters. The van der Waals surface area contributed by atoms with Crippen LogP contribution in [-0.2, 0) is 22.1 Å². The second-order valence-electron chi connectivity index (χ2n) is 4.08. The molecule has 0 aromatic carbocycles. The van der Waals surface area contributed by atoms with Gasteiger partial charge < -0.3 is 14.6 Å². The molecule has 0 aliphatic rings. The molecule has 5 nitrogen and oxygen atoms in total. The molecule has 1 rings (SSSR count). The van der Waals surface area contributed by atoms with Gasteiger partial charge in [0.25, 0.3) is 0 Å². The Morgan fingerprint density at radius 3 is 2.94 bits per heavy atom. The molecule has 0 spiro atoms. The Kier molecular flexibility index (Phi) is 5.64. The molecule has 0 amide bonds. The van der Waals surface area contributed by atoms with Crippen molar-refractivity contribution < 1.29 is 8.95 Å². The zero-order chi connectivity index (χ0) is 12.8. The molecule has 1 aromatic rings. The maximum Gasteiger partial charge on any atom is 0.203 e. The minimum absolute atomic E-state index is 0.114. The number of aryl methyl sites for hydroxylation is 1. The van der Waals surface area contributed by atoms with Gasteiger partial charge in [-0.15, -0.1) is 0 Å². The minimum atomic E-state index is -0.813. The first kappa shape index (κ1) is 14.2. The lowest BCUT2D eigenvalue weighted by atomic mass is 10.5. The Labute approximate surface area is 105 Å². The fourth-order valence-electron chi connectivity index (χ4n) is 1.40. The molecule has 0 bridgehead atoms. The summed E-state index contributed by atoms with van der Waals surface area (Å²) in [6.07, 6.45) is 3.70. The number of ether oxygens (including phenoxy) is 1. The summed E-state index contributed by atoms with van der Waals surface area (Å²) in [5.74, 6) is 0.817. The summed E-state index contributed by atoms with van der Waals surface area (Å²) >= 11 is 0. The van der Waals surface area contributed by atoms with E-state index in [1.165, 1.54) is 0 Å². The lowest BCUT2D eigenvalue weighted by molar-refractivity contribution is 0.187. The first-order chi connectivity index (χ1) is 8.04. The van der Waals surface area contributed by atoms with Crippen molar-refractivity contribution in [1.29, 1.82) is 0 Å². The molecule has 0 saturated heterocycles. The Morgan fingerprint density at radius 1 is 1.65 bits per heavy atom. The second-order valence-corrected chi connectivity index (χ2v) is 5.88. The van der Waals surface area contributed by atoms with Crippen LogP contribution in [0.15, 0.2) is 6.20 Å². The van der Waals surface area contributed by atoms with E-state index < -0.39 is 10.8 Å². The number of nitrogens with one attached hydrogen (secondary N) is 1. The Hall–Kier alpha value is -0.880. The molecule has 98 valence electrons. The van der Waals surface area contributed by atoms with Crippen LogP contribution in [0.5, 0.6) is 0 Å². The molecule has 1 aromatic heterocycles. The van der Waals surface area contributed by atoms with Gasteiger partial charge in [-0.25, -0.2) is 4.98 Å². The highest BCUT2D eigenvalue weighted by atomic mass is 32.2. The molecule has 1 heterocycles. The van der Waals surface area contributed by atoms with Gasteiger partial charge in [0.2, 0.25) is 5.95 Å². The molecule has 6 heteroatoms. The Balaban J connectivity index is 2.60. The molecule has 17 heavy (non-hydrogen) atoms. The summed E-state index contributed by atoms with van der Waals surface area (Å²) in [5, 5.41) is 3.34. The lowest BCUT2D eigenvalue weighted by Crippen LogP contribution is -2.22. The van der Waals surface area contributed by atoms with Crippen LogP contribution in [0, 0.1) is 6.92 Å². The van der Waals surface area contributed by atoms with Crippen LogP contribution in [0.2, 0.25) is 0 Å². The number of rotatable bonds is 7. The van der Waals surface area contributed by atoms with Crippen molar-refractivity contribution in [2.24, 2.45) is 0 Å². The van der Waals surface area contributed by atoms with Crippen molar-refractivity contribution in [3.63, 3.8) is 0 Å². The summed E-state index contributed by atoms with van der Waals surface area (Å²) in [7, 11) is 0.866. The standard InChI is InChI=1S/C11H21N3O2S/c1-9-8-14(5-6-16-3)11(13-9)12-7-10(2)17(4)15/h8,10H,5-7H2,1-4H3,(H,12,13). The van der Waals surface area contributed by atoms with E-state index in [1.807, 2.05) is 24.6 Å². The van der Waals surface area contributed by atoms with Crippen molar-refractivity contribution in [3.8, 4) is 0 Å². The number of anilines is 1. The minimum Gasteiger partial charge on any atom is -0.383 e. The monoisotopic (exact) mass is 259 g/mol. The Bertz CT molecular complexity index is 379. The molecule has 0 saturated carbocycles. The number of nitrogens with zero attached hydrogens (tertiary/aromatic N) is 2. The van der Waals surface area contributed by atoms with Gasteiger partial charge in [-0.1, -0.05) is 0 Å². The maximum atomic E-state index is 11.3. The highest BCUT2D eigenvalue weighted by molar-refractivity contribution is 7.84. The molecular weight excluding hydrogens is 238 g/mol. The average Bonchev–Trinajstić information content (AvgIpc) is 2.63. The molecular formula is C11H21N3O2S. The first-order valence-corrected chi connectivity index (χ1v) is 7.25. The highest BCUT2D eigenvalue weighted by Crippen LogP contribution is 2.08. The fourth-order valence-corrected chi connectivity index (χ4v) is 1.72. The number of methoxy groups -OCH3 is 1. The third-order valence-corrected chi connectivity index (χ3v) is 3.85. The van der Waals surface area contributed by atoms with Crippen LogP contribution < -0.4 is 5.32 Å². The zero-order valence-corrected chi connectivity index (χ0v) is 11.7. The van der Waals surface area contributed by atoms with E-state index in [1.54, 1.807) is 13.4 Å². The van der Waals surface area contributed by atoms with E-state index in [0.29, 0.717) is 13.2 Å². The van der Waals surface area contributed by atoms with Crippen molar-refractivity contribution in [2.45, 2.75) is 25.6 Å². The summed E-state index contributed by atoms with van der Waals surface area (Å²) in [6.45, 7) is 5.99. The topological polar surface area (TPSA) is 56.1 Å². The van der Waals surface area contributed by atoms with E-state index in [2.05, 4.69) is 10.3 Å². The van der Waals surface area contributed by atoms with E-state index in [0.717, 1.165) is 18.2 Å². The smallest absolute Gasteiger partial charge is 0.203 e. The predicted molar refractivity (Wildman–Crippen MR) is 70.9 cm³/mol. The van der Waals surface area contributed by atoms with Crippen LogP contribution in [0.1, 0.15) is 12.6 Å². The van der Waals surface area contributed by atoms with Gasteiger partial charge in [0.05, 0.1) is 12.3 Å². The van der Waals surface area contributed by atoms with Gasteiger partial charge in [-0.2, -0.15) is 0 Å². The fraction of sp³-hybridized carbons (Fsp3) is 0.727. The van der Waals surface area contributed by atoms with Gasteiger partial charge in [0.15, 0.2) is 0 Å². The van der Waals surface area contributed by atoms with Crippen LogP contribution in [0.4, 0.5) is 5.95 Å². The van der Waals surface area contributed by atoms with Crippen molar-refractivity contribution in [1.82, 2.24) is 9.55 Å². The molecule has 1 N–H and O–H groups in total. The largest absolute Gasteiger partial charge is 0.383 e. The number of aromatic nitrogens is 2. The van der Waals surface area contributed by atoms with Gasteiger partial charge in [-0.3, -0.25) is 4.21 Å². The quantitative estimate of drug-likeness (QED) is 0.794. The van der Waals surface area contributed by atoms with Crippen LogP contribution >= 0.6 is 0 Å². The van der Waals surface area contributed by atoms with Crippen LogP contribution in [0.25, 0.3) is 0 Å². The molecule has 0 radical (unpaired) electrons. The van der Waals surface area contributed by atoms with Crippen molar-refractivity contribution in [2.75, 3.05) is 31.8 Å². The third kappa shape index (κ3) is 4.47. The molecule has 0 aliphatic carbocycles. The lowest BCUT2D eigenvalue weighted by Gasteiger charge is -2.12. The third-order valence-electron chi connectivity index (χ3n) is 2.55. The number of imidazole rings is 1. The van der Waals surface area contributed by atoms with E-state index in [4.69, 9.17) is 4.74 Å². The predicted octanol–water partition coefficient (Wildman–Crippen LogP) is 1.02. The van der Waals surface area contributed by atoms with Gasteiger partial charge in [0, 0.05) is 48.7 Å². The zero-order valence-electron chi connectivity index (χ0n) is 10.9.